The Morgan fingerprint density at radius 1 is 1.07 bits per heavy atom. The minimum absolute atomic E-state index is 0.0736. The first-order valence-corrected chi connectivity index (χ1v) is 9.69. The molecule has 0 amide bonds. The zero-order valence-electron chi connectivity index (χ0n) is 16.4. The number of guanidine groups is 1. The van der Waals surface area contributed by atoms with Crippen molar-refractivity contribution in [3.63, 3.8) is 0 Å². The molecule has 0 aliphatic carbocycles. The van der Waals surface area contributed by atoms with E-state index in [0.717, 1.165) is 24.0 Å². The first kappa shape index (κ1) is 18.9. The smallest absolute Gasteiger partial charge is 0.191 e. The average molecular weight is 391 g/mol. The van der Waals surface area contributed by atoms with E-state index in [0.29, 0.717) is 19.7 Å². The topological polar surface area (TPSA) is 72.7 Å². The number of para-hydroxylation sites is 2. The lowest BCUT2D eigenvalue weighted by Crippen LogP contribution is -2.45. The fourth-order valence-corrected chi connectivity index (χ4v) is 3.23. The highest BCUT2D eigenvalue weighted by molar-refractivity contribution is 5.79. The summed E-state index contributed by atoms with van der Waals surface area (Å²) >= 11 is 0. The second-order valence-corrected chi connectivity index (χ2v) is 6.78. The predicted molar refractivity (Wildman–Crippen MR) is 112 cm³/mol. The van der Waals surface area contributed by atoms with Crippen molar-refractivity contribution in [2.24, 2.45) is 4.99 Å². The van der Waals surface area contributed by atoms with Crippen molar-refractivity contribution in [3.8, 4) is 11.5 Å². The molecular formula is C22H25N5O2. The van der Waals surface area contributed by atoms with Crippen LogP contribution in [0.2, 0.25) is 0 Å². The standard InChI is InChI=1S/C22H25N5O2/c1-23-22(25-14-19-16-28-20-9-4-5-10-21(20)29-19)24-13-17-7-2-3-8-18(17)15-27-12-6-11-26-27/h2-12,19H,13-16H2,1H3,(H2,23,24,25). The zero-order chi connectivity index (χ0) is 19.9. The Labute approximate surface area is 170 Å². The minimum Gasteiger partial charge on any atom is -0.486 e. The Bertz CT molecular complexity index is 955. The first-order chi connectivity index (χ1) is 14.3. The molecule has 2 heterocycles. The highest BCUT2D eigenvalue weighted by Crippen LogP contribution is 2.30. The van der Waals surface area contributed by atoms with Gasteiger partial charge in [-0.1, -0.05) is 36.4 Å². The number of aliphatic imine (C=N–C) groups is 1. The van der Waals surface area contributed by atoms with Crippen LogP contribution in [0, 0.1) is 0 Å². The monoisotopic (exact) mass is 391 g/mol. The molecule has 1 aliphatic rings. The lowest BCUT2D eigenvalue weighted by Gasteiger charge is -2.27. The Kier molecular flexibility index (Phi) is 5.95. The summed E-state index contributed by atoms with van der Waals surface area (Å²) in [6, 6.07) is 18.0. The average Bonchev–Trinajstić information content (AvgIpc) is 3.28. The summed E-state index contributed by atoms with van der Waals surface area (Å²) in [4.78, 5) is 4.32. The van der Waals surface area contributed by atoms with Crippen molar-refractivity contribution in [2.45, 2.75) is 19.2 Å². The molecule has 1 atom stereocenters. The second-order valence-electron chi connectivity index (χ2n) is 6.78. The van der Waals surface area contributed by atoms with Gasteiger partial charge in [-0.2, -0.15) is 5.10 Å². The summed E-state index contributed by atoms with van der Waals surface area (Å²) in [6.45, 7) is 2.52. The second kappa shape index (κ2) is 9.14. The SMILES string of the molecule is CN=C(NCc1ccccc1Cn1cccn1)NCC1COc2ccccc2O1. The van der Waals surface area contributed by atoms with E-state index in [4.69, 9.17) is 9.47 Å². The normalized spacial score (nSPS) is 15.8. The van der Waals surface area contributed by atoms with Crippen LogP contribution in [0.1, 0.15) is 11.1 Å². The summed E-state index contributed by atoms with van der Waals surface area (Å²) in [6.07, 6.45) is 3.69. The van der Waals surface area contributed by atoms with Crippen LogP contribution in [0.3, 0.4) is 0 Å². The van der Waals surface area contributed by atoms with Gasteiger partial charge in [0.05, 0.1) is 13.1 Å². The molecule has 1 unspecified atom stereocenters. The van der Waals surface area contributed by atoms with Gasteiger partial charge in [0.2, 0.25) is 0 Å². The van der Waals surface area contributed by atoms with Crippen LogP contribution in [0.4, 0.5) is 0 Å². The zero-order valence-corrected chi connectivity index (χ0v) is 16.4. The molecule has 0 saturated heterocycles. The third kappa shape index (κ3) is 4.87. The van der Waals surface area contributed by atoms with E-state index < -0.39 is 0 Å². The van der Waals surface area contributed by atoms with Gasteiger partial charge >= 0.3 is 0 Å². The Morgan fingerprint density at radius 3 is 2.66 bits per heavy atom. The van der Waals surface area contributed by atoms with E-state index in [9.17, 15) is 0 Å². The predicted octanol–water partition coefficient (Wildman–Crippen LogP) is 2.44. The van der Waals surface area contributed by atoms with Crippen molar-refractivity contribution in [1.29, 1.82) is 0 Å². The van der Waals surface area contributed by atoms with E-state index in [1.807, 2.05) is 53.3 Å². The first-order valence-electron chi connectivity index (χ1n) is 9.69. The molecule has 0 spiro atoms. The molecule has 7 nitrogen and oxygen atoms in total. The Morgan fingerprint density at radius 2 is 1.86 bits per heavy atom. The van der Waals surface area contributed by atoms with Crippen molar-refractivity contribution in [1.82, 2.24) is 20.4 Å². The fourth-order valence-electron chi connectivity index (χ4n) is 3.23. The maximum absolute atomic E-state index is 5.99. The molecule has 2 aromatic carbocycles. The largest absolute Gasteiger partial charge is 0.486 e. The summed E-state index contributed by atoms with van der Waals surface area (Å²) in [7, 11) is 1.76. The van der Waals surface area contributed by atoms with Gasteiger partial charge in [-0.25, -0.2) is 0 Å². The van der Waals surface area contributed by atoms with Crippen LogP contribution in [-0.2, 0) is 13.1 Å². The van der Waals surface area contributed by atoms with Gasteiger partial charge in [0, 0.05) is 26.0 Å². The quantitative estimate of drug-likeness (QED) is 0.499. The fraction of sp³-hybridized carbons (Fsp3) is 0.273. The molecule has 7 heteroatoms. The van der Waals surface area contributed by atoms with Crippen LogP contribution in [0.15, 0.2) is 72.0 Å². The maximum Gasteiger partial charge on any atom is 0.191 e. The van der Waals surface area contributed by atoms with Gasteiger partial charge in [0.15, 0.2) is 17.5 Å². The number of ether oxygens (including phenoxy) is 2. The van der Waals surface area contributed by atoms with Gasteiger partial charge in [0.25, 0.3) is 0 Å². The molecule has 0 bridgehead atoms. The Hall–Kier alpha value is -3.48. The summed E-state index contributed by atoms with van der Waals surface area (Å²) in [5, 5.41) is 11.0. The molecule has 150 valence electrons. The molecule has 2 N–H and O–H groups in total. The lowest BCUT2D eigenvalue weighted by molar-refractivity contribution is 0.0936. The number of hydrogen-bond donors (Lipinski definition) is 2. The lowest BCUT2D eigenvalue weighted by atomic mass is 10.1. The molecule has 0 saturated carbocycles. The van der Waals surface area contributed by atoms with Crippen molar-refractivity contribution in [2.75, 3.05) is 20.2 Å². The third-order valence-corrected chi connectivity index (χ3v) is 4.74. The van der Waals surface area contributed by atoms with E-state index in [-0.39, 0.29) is 6.10 Å². The van der Waals surface area contributed by atoms with Crippen LogP contribution in [0.5, 0.6) is 11.5 Å². The molecule has 0 fully saturated rings. The summed E-state index contributed by atoms with van der Waals surface area (Å²) in [5.41, 5.74) is 2.43. The maximum atomic E-state index is 5.99. The molecule has 3 aromatic rings. The van der Waals surface area contributed by atoms with E-state index in [1.165, 1.54) is 11.1 Å². The van der Waals surface area contributed by atoms with E-state index in [1.54, 1.807) is 13.2 Å². The third-order valence-electron chi connectivity index (χ3n) is 4.74. The van der Waals surface area contributed by atoms with Crippen molar-refractivity contribution in [3.05, 3.63) is 78.1 Å². The minimum atomic E-state index is -0.0736. The van der Waals surface area contributed by atoms with E-state index in [2.05, 4.69) is 32.9 Å². The van der Waals surface area contributed by atoms with E-state index >= 15 is 0 Å². The van der Waals surface area contributed by atoms with Crippen LogP contribution >= 0.6 is 0 Å². The number of nitrogens with zero attached hydrogens (tertiary/aromatic N) is 3. The molecule has 1 aliphatic heterocycles. The Balaban J connectivity index is 1.30. The molecule has 1 aromatic heterocycles. The number of benzene rings is 2. The van der Waals surface area contributed by atoms with Crippen molar-refractivity contribution < 1.29 is 9.47 Å². The highest BCUT2D eigenvalue weighted by Gasteiger charge is 2.20. The molecular weight excluding hydrogens is 366 g/mol. The van der Waals surface area contributed by atoms with Gasteiger partial charge in [0.1, 0.15) is 12.7 Å². The van der Waals surface area contributed by atoms with Crippen LogP contribution < -0.4 is 20.1 Å². The summed E-state index contributed by atoms with van der Waals surface area (Å²) < 4.78 is 13.7. The molecule has 0 radical (unpaired) electrons. The van der Waals surface area contributed by atoms with Crippen molar-refractivity contribution >= 4 is 5.96 Å². The number of hydrogen-bond acceptors (Lipinski definition) is 4. The number of rotatable bonds is 6. The van der Waals surface area contributed by atoms with Crippen LogP contribution in [0.25, 0.3) is 0 Å². The highest BCUT2D eigenvalue weighted by atomic mass is 16.6. The van der Waals surface area contributed by atoms with Gasteiger partial charge in [-0.3, -0.25) is 9.67 Å². The van der Waals surface area contributed by atoms with Crippen LogP contribution in [-0.4, -0.2) is 42.0 Å². The number of fused-ring (bicyclic) bond motifs is 1. The molecule has 29 heavy (non-hydrogen) atoms. The summed E-state index contributed by atoms with van der Waals surface area (Å²) in [5.74, 6) is 2.29. The molecule has 4 rings (SSSR count). The van der Waals surface area contributed by atoms with Gasteiger partial charge < -0.3 is 20.1 Å². The van der Waals surface area contributed by atoms with Gasteiger partial charge in [-0.05, 0) is 29.3 Å². The number of aromatic nitrogens is 2. The number of nitrogens with one attached hydrogen (secondary N) is 2. The van der Waals surface area contributed by atoms with Gasteiger partial charge in [-0.15, -0.1) is 0 Å².